The molecule has 5 aromatic rings. The standard InChI is InChI=1S/C29H23ClFN5O2/c1-17(37)33-29(28-34-32-16-35(28)2,20-6-8-23(31)9-7-20)21-12-19-10-11-36-26(38)15-24(25(14-21)27(19)36)18-4-3-5-22(30)13-18/h3-9,12-16H,10-11H2,1-2H3,(H,33,37). The Balaban J connectivity index is 1.75. The molecule has 0 spiro atoms. The number of rotatable bonds is 5. The van der Waals surface area contributed by atoms with Crippen LogP contribution in [0.4, 0.5) is 4.39 Å². The molecule has 6 rings (SSSR count). The fraction of sp³-hybridized carbons (Fsp3) is 0.172. The van der Waals surface area contributed by atoms with Gasteiger partial charge in [0.25, 0.3) is 5.56 Å². The highest BCUT2D eigenvalue weighted by Gasteiger charge is 2.42. The SMILES string of the molecule is CC(=O)NC(c1ccc(F)cc1)(c1cc2c3c(c1)c(-c1cccc(Cl)c1)cc(=O)n3CC2)c1nncn1C. The molecule has 1 atom stereocenters. The van der Waals surface area contributed by atoms with Crippen LogP contribution in [0.25, 0.3) is 22.0 Å². The van der Waals surface area contributed by atoms with E-state index in [4.69, 9.17) is 11.6 Å². The van der Waals surface area contributed by atoms with E-state index in [9.17, 15) is 14.0 Å². The van der Waals surface area contributed by atoms with Crippen molar-refractivity contribution in [3.05, 3.63) is 117 Å². The van der Waals surface area contributed by atoms with E-state index in [0.717, 1.165) is 27.6 Å². The molecule has 1 N–H and O–H groups in total. The lowest BCUT2D eigenvalue weighted by Crippen LogP contribution is -2.48. The lowest BCUT2D eigenvalue weighted by molar-refractivity contribution is -0.120. The van der Waals surface area contributed by atoms with Gasteiger partial charge >= 0.3 is 0 Å². The molecule has 3 heterocycles. The third-order valence-electron chi connectivity index (χ3n) is 7.14. The van der Waals surface area contributed by atoms with Gasteiger partial charge in [0, 0.05) is 37.0 Å². The van der Waals surface area contributed by atoms with Gasteiger partial charge in [-0.3, -0.25) is 9.59 Å². The zero-order valence-electron chi connectivity index (χ0n) is 20.7. The van der Waals surface area contributed by atoms with Gasteiger partial charge in [-0.05, 0) is 64.6 Å². The number of hydrogen-bond donors (Lipinski definition) is 1. The highest BCUT2D eigenvalue weighted by atomic mass is 35.5. The predicted molar refractivity (Wildman–Crippen MR) is 143 cm³/mol. The Morgan fingerprint density at radius 3 is 2.55 bits per heavy atom. The van der Waals surface area contributed by atoms with Gasteiger partial charge in [0.2, 0.25) is 5.91 Å². The van der Waals surface area contributed by atoms with E-state index < -0.39 is 11.4 Å². The van der Waals surface area contributed by atoms with Crippen molar-refractivity contribution in [2.24, 2.45) is 7.05 Å². The highest BCUT2D eigenvalue weighted by molar-refractivity contribution is 6.30. The summed E-state index contributed by atoms with van der Waals surface area (Å²) in [7, 11) is 1.80. The second-order valence-electron chi connectivity index (χ2n) is 9.54. The molecule has 0 aliphatic carbocycles. The van der Waals surface area contributed by atoms with Crippen LogP contribution >= 0.6 is 11.6 Å². The Hall–Kier alpha value is -4.30. The molecule has 1 aliphatic rings. The first-order valence-corrected chi connectivity index (χ1v) is 12.5. The molecule has 1 unspecified atom stereocenters. The van der Waals surface area contributed by atoms with Crippen LogP contribution in [0.5, 0.6) is 0 Å². The number of amides is 1. The molecule has 3 aromatic carbocycles. The third-order valence-corrected chi connectivity index (χ3v) is 7.38. The summed E-state index contributed by atoms with van der Waals surface area (Å²) in [5.41, 5.74) is 3.33. The summed E-state index contributed by atoms with van der Waals surface area (Å²) in [6.45, 7) is 1.99. The van der Waals surface area contributed by atoms with Crippen molar-refractivity contribution in [3.8, 4) is 11.1 Å². The maximum absolute atomic E-state index is 14.0. The third kappa shape index (κ3) is 3.71. The molecular weight excluding hydrogens is 505 g/mol. The molecule has 7 nitrogen and oxygen atoms in total. The van der Waals surface area contributed by atoms with Crippen molar-refractivity contribution in [2.75, 3.05) is 0 Å². The number of benzene rings is 3. The van der Waals surface area contributed by atoms with Gasteiger partial charge in [0.05, 0.1) is 5.52 Å². The minimum Gasteiger partial charge on any atom is -0.336 e. The summed E-state index contributed by atoms with van der Waals surface area (Å²) in [6.07, 6.45) is 2.21. The number of pyridine rings is 1. The van der Waals surface area contributed by atoms with E-state index in [2.05, 4.69) is 15.5 Å². The summed E-state index contributed by atoms with van der Waals surface area (Å²) in [5.74, 6) is -0.233. The lowest BCUT2D eigenvalue weighted by Gasteiger charge is -2.35. The first-order valence-electron chi connectivity index (χ1n) is 12.1. The number of halogens is 2. The topological polar surface area (TPSA) is 81.8 Å². The quantitative estimate of drug-likeness (QED) is 0.363. The number of aromatic nitrogens is 4. The maximum Gasteiger partial charge on any atom is 0.251 e. The summed E-state index contributed by atoms with van der Waals surface area (Å²) >= 11 is 6.32. The zero-order chi connectivity index (χ0) is 26.6. The van der Waals surface area contributed by atoms with Crippen molar-refractivity contribution in [3.63, 3.8) is 0 Å². The molecular formula is C29H23ClFN5O2. The predicted octanol–water partition coefficient (Wildman–Crippen LogP) is 4.57. The van der Waals surface area contributed by atoms with Crippen LogP contribution in [0.2, 0.25) is 5.02 Å². The van der Waals surface area contributed by atoms with Gasteiger partial charge in [-0.15, -0.1) is 10.2 Å². The van der Waals surface area contributed by atoms with E-state index in [1.165, 1.54) is 19.1 Å². The molecule has 0 radical (unpaired) electrons. The van der Waals surface area contributed by atoms with Crippen LogP contribution in [-0.2, 0) is 30.3 Å². The summed E-state index contributed by atoms with van der Waals surface area (Å²) in [5, 5.41) is 13.0. The number of carbonyl (C=O) groups is 1. The molecule has 38 heavy (non-hydrogen) atoms. The Kier molecular flexibility index (Phi) is 5.65. The van der Waals surface area contributed by atoms with E-state index in [1.807, 2.05) is 30.3 Å². The summed E-state index contributed by atoms with van der Waals surface area (Å²) in [4.78, 5) is 25.9. The smallest absolute Gasteiger partial charge is 0.251 e. The number of nitrogens with one attached hydrogen (secondary N) is 1. The minimum atomic E-state index is -1.29. The minimum absolute atomic E-state index is 0.0843. The Labute approximate surface area is 222 Å². The monoisotopic (exact) mass is 527 g/mol. The zero-order valence-corrected chi connectivity index (χ0v) is 21.5. The van der Waals surface area contributed by atoms with E-state index >= 15 is 0 Å². The largest absolute Gasteiger partial charge is 0.336 e. The van der Waals surface area contributed by atoms with Gasteiger partial charge in [0.15, 0.2) is 11.4 Å². The maximum atomic E-state index is 14.0. The van der Waals surface area contributed by atoms with Crippen LogP contribution in [0.3, 0.4) is 0 Å². The molecule has 1 amide bonds. The molecule has 190 valence electrons. The normalized spacial score (nSPS) is 14.0. The van der Waals surface area contributed by atoms with E-state index in [0.29, 0.717) is 34.9 Å². The average molecular weight is 528 g/mol. The molecule has 0 fully saturated rings. The fourth-order valence-electron chi connectivity index (χ4n) is 5.58. The highest BCUT2D eigenvalue weighted by Crippen LogP contribution is 2.41. The molecule has 9 heteroatoms. The van der Waals surface area contributed by atoms with Crippen molar-refractivity contribution in [1.82, 2.24) is 24.6 Å². The van der Waals surface area contributed by atoms with Gasteiger partial charge < -0.3 is 14.5 Å². The molecule has 0 saturated carbocycles. The van der Waals surface area contributed by atoms with Gasteiger partial charge in [0.1, 0.15) is 12.1 Å². The van der Waals surface area contributed by atoms with Crippen LogP contribution in [0.1, 0.15) is 29.4 Å². The second-order valence-corrected chi connectivity index (χ2v) is 9.98. The first kappa shape index (κ1) is 24.1. The van der Waals surface area contributed by atoms with Crippen molar-refractivity contribution in [1.29, 1.82) is 0 Å². The Morgan fingerprint density at radius 1 is 1.08 bits per heavy atom. The Morgan fingerprint density at radius 2 is 1.87 bits per heavy atom. The molecule has 1 aliphatic heterocycles. The van der Waals surface area contributed by atoms with E-state index in [-0.39, 0.29) is 11.5 Å². The number of nitrogens with zero attached hydrogens (tertiary/aromatic N) is 4. The summed E-state index contributed by atoms with van der Waals surface area (Å²) in [6, 6.07) is 19.0. The number of hydrogen-bond acceptors (Lipinski definition) is 4. The summed E-state index contributed by atoms with van der Waals surface area (Å²) < 4.78 is 17.6. The lowest BCUT2D eigenvalue weighted by atomic mass is 9.79. The first-order chi connectivity index (χ1) is 18.3. The van der Waals surface area contributed by atoms with E-state index in [1.54, 1.807) is 46.8 Å². The molecule has 0 saturated heterocycles. The Bertz CT molecular complexity index is 1790. The van der Waals surface area contributed by atoms with Crippen LogP contribution in [-0.4, -0.2) is 25.2 Å². The van der Waals surface area contributed by atoms with Crippen molar-refractivity contribution >= 4 is 28.4 Å². The second kappa shape index (κ2) is 8.92. The van der Waals surface area contributed by atoms with Crippen LogP contribution in [0, 0.1) is 5.82 Å². The van der Waals surface area contributed by atoms with Gasteiger partial charge in [-0.25, -0.2) is 4.39 Å². The van der Waals surface area contributed by atoms with Crippen LogP contribution < -0.4 is 10.9 Å². The van der Waals surface area contributed by atoms with Crippen molar-refractivity contribution < 1.29 is 9.18 Å². The number of carbonyl (C=O) groups excluding carboxylic acids is 1. The van der Waals surface area contributed by atoms with Crippen molar-refractivity contribution in [2.45, 2.75) is 25.4 Å². The van der Waals surface area contributed by atoms with Crippen LogP contribution in [0.15, 0.2) is 77.9 Å². The van der Waals surface area contributed by atoms with Gasteiger partial charge in [-0.1, -0.05) is 41.9 Å². The molecule has 0 bridgehead atoms. The van der Waals surface area contributed by atoms with Gasteiger partial charge in [-0.2, -0.15) is 0 Å². The average Bonchev–Trinajstić information content (AvgIpc) is 3.52. The molecule has 2 aromatic heterocycles. The fourth-order valence-corrected chi connectivity index (χ4v) is 5.77. The number of aryl methyl sites for hydroxylation is 3.